The van der Waals surface area contributed by atoms with Crippen LogP contribution in [0.25, 0.3) is 0 Å². The van der Waals surface area contributed by atoms with E-state index in [1.165, 1.54) is 4.46 Å². The van der Waals surface area contributed by atoms with Crippen LogP contribution in [0.15, 0.2) is 42.5 Å². The van der Waals surface area contributed by atoms with Gasteiger partial charge in [-0.25, -0.2) is 0 Å². The Morgan fingerprint density at radius 2 is 2.11 bits per heavy atom. The van der Waals surface area contributed by atoms with E-state index in [1.54, 1.807) is 0 Å². The van der Waals surface area contributed by atoms with E-state index in [0.717, 1.165) is 38.5 Å². The molecule has 1 atom stereocenters. The van der Waals surface area contributed by atoms with Gasteiger partial charge in [0, 0.05) is 0 Å². The molecule has 0 N–H and O–H groups in total. The zero-order valence-corrected chi connectivity index (χ0v) is 13.3. The van der Waals surface area contributed by atoms with Crippen molar-refractivity contribution in [3.05, 3.63) is 42.5 Å². The molecule has 1 unspecified atom stereocenters. The molecular formula is C17H22OSe. The summed E-state index contributed by atoms with van der Waals surface area (Å²) in [7, 11) is 0. The quantitative estimate of drug-likeness (QED) is 0.444. The number of allylic oxidation sites excluding steroid dienone is 2. The Balaban J connectivity index is 2.05. The van der Waals surface area contributed by atoms with Gasteiger partial charge in [-0.1, -0.05) is 0 Å². The Morgan fingerprint density at radius 3 is 2.74 bits per heavy atom. The van der Waals surface area contributed by atoms with Crippen LogP contribution in [0, 0.1) is 0 Å². The van der Waals surface area contributed by atoms with Crippen LogP contribution in [0.4, 0.5) is 0 Å². The van der Waals surface area contributed by atoms with Gasteiger partial charge >= 0.3 is 122 Å². The first-order chi connectivity index (χ1) is 9.27. The molecule has 19 heavy (non-hydrogen) atoms. The summed E-state index contributed by atoms with van der Waals surface area (Å²) in [6.45, 7) is 2.06. The fraction of sp³-hybridized carbons (Fsp3) is 0.471. The number of Topliss-reactive ketones (excluding diaryl/α,β-unsaturated/α-hetero) is 1. The summed E-state index contributed by atoms with van der Waals surface area (Å²) >= 11 is 0.289. The van der Waals surface area contributed by atoms with Crippen molar-refractivity contribution in [2.75, 3.05) is 0 Å². The molecule has 0 aromatic heterocycles. The van der Waals surface area contributed by atoms with Crippen molar-refractivity contribution in [3.63, 3.8) is 0 Å². The average Bonchev–Trinajstić information content (AvgIpc) is 2.78. The first-order valence-corrected chi connectivity index (χ1v) is 8.87. The summed E-state index contributed by atoms with van der Waals surface area (Å²) in [5.41, 5.74) is 0. The number of carbonyl (C=O) groups is 1. The first kappa shape index (κ1) is 14.6. The monoisotopic (exact) mass is 322 g/mol. The van der Waals surface area contributed by atoms with E-state index in [4.69, 9.17) is 0 Å². The zero-order chi connectivity index (χ0) is 13.6. The van der Waals surface area contributed by atoms with Gasteiger partial charge in [-0.15, -0.1) is 0 Å². The molecule has 0 bridgehead atoms. The molecule has 1 aromatic rings. The van der Waals surface area contributed by atoms with E-state index in [9.17, 15) is 4.79 Å². The molecule has 1 nitrogen and oxygen atoms in total. The minimum atomic E-state index is -0.00403. The Kier molecular flexibility index (Phi) is 5.42. The van der Waals surface area contributed by atoms with Gasteiger partial charge in [-0.3, -0.25) is 0 Å². The second-order valence-electron chi connectivity index (χ2n) is 5.15. The molecule has 1 aromatic carbocycles. The minimum absolute atomic E-state index is 0.00403. The second kappa shape index (κ2) is 7.07. The van der Waals surface area contributed by atoms with Gasteiger partial charge in [0.1, 0.15) is 0 Å². The van der Waals surface area contributed by atoms with Crippen LogP contribution < -0.4 is 4.46 Å². The molecular weight excluding hydrogens is 299 g/mol. The summed E-state index contributed by atoms with van der Waals surface area (Å²) in [5, 5.41) is 0. The van der Waals surface area contributed by atoms with Crippen molar-refractivity contribution in [1.29, 1.82) is 0 Å². The normalized spacial score (nSPS) is 23.3. The summed E-state index contributed by atoms with van der Waals surface area (Å²) in [5.74, 6) is 0.525. The maximum atomic E-state index is 12.4. The van der Waals surface area contributed by atoms with Crippen molar-refractivity contribution < 1.29 is 4.79 Å². The number of rotatable bonds is 6. The van der Waals surface area contributed by atoms with Crippen molar-refractivity contribution in [2.24, 2.45) is 0 Å². The van der Waals surface area contributed by atoms with Crippen LogP contribution in [0.3, 0.4) is 0 Å². The molecule has 102 valence electrons. The van der Waals surface area contributed by atoms with Crippen molar-refractivity contribution in [1.82, 2.24) is 0 Å². The summed E-state index contributed by atoms with van der Waals surface area (Å²) in [6, 6.07) is 10.6. The molecule has 0 saturated heterocycles. The van der Waals surface area contributed by atoms with E-state index in [0.29, 0.717) is 5.78 Å². The number of benzene rings is 1. The van der Waals surface area contributed by atoms with Crippen molar-refractivity contribution >= 4 is 25.2 Å². The van der Waals surface area contributed by atoms with Gasteiger partial charge in [0.25, 0.3) is 0 Å². The molecule has 0 radical (unpaired) electrons. The van der Waals surface area contributed by atoms with Gasteiger partial charge in [0.05, 0.1) is 0 Å². The molecule has 1 aliphatic carbocycles. The molecule has 1 saturated carbocycles. The third-order valence-electron chi connectivity index (χ3n) is 3.74. The van der Waals surface area contributed by atoms with Crippen molar-refractivity contribution in [2.45, 2.75) is 49.8 Å². The topological polar surface area (TPSA) is 17.1 Å². The molecule has 2 heteroatoms. The molecule has 1 aliphatic rings. The van der Waals surface area contributed by atoms with Crippen LogP contribution >= 0.6 is 0 Å². The van der Waals surface area contributed by atoms with Gasteiger partial charge in [0.2, 0.25) is 0 Å². The first-order valence-electron chi connectivity index (χ1n) is 7.15. The van der Waals surface area contributed by atoms with E-state index in [1.807, 2.05) is 0 Å². The van der Waals surface area contributed by atoms with E-state index in [-0.39, 0.29) is 19.3 Å². The van der Waals surface area contributed by atoms with Crippen LogP contribution in [0.2, 0.25) is 4.31 Å². The summed E-state index contributed by atoms with van der Waals surface area (Å²) in [4.78, 5) is 12.4. The Labute approximate surface area is 122 Å². The fourth-order valence-corrected chi connectivity index (χ4v) is 5.76. The number of hydrogen-bond donors (Lipinski definition) is 0. The standard InChI is InChI=1S/C17H22OSe/c1-2-3-4-8-13-17(14-9-12-16(17)18)19-15-10-6-5-7-11-15/h2-3,5-7,10-11H,4,8-9,12-14H2,1H3/b3-2+. The van der Waals surface area contributed by atoms with E-state index < -0.39 is 0 Å². The fourth-order valence-electron chi connectivity index (χ4n) is 2.71. The third kappa shape index (κ3) is 3.81. The van der Waals surface area contributed by atoms with Gasteiger partial charge in [0.15, 0.2) is 0 Å². The second-order valence-corrected chi connectivity index (χ2v) is 8.20. The number of carbonyl (C=O) groups excluding carboxylic acids is 1. The van der Waals surface area contributed by atoms with E-state index >= 15 is 0 Å². The number of ketones is 1. The molecule has 0 amide bonds. The van der Waals surface area contributed by atoms with E-state index in [2.05, 4.69) is 49.4 Å². The Hall–Kier alpha value is -0.851. The van der Waals surface area contributed by atoms with Crippen molar-refractivity contribution in [3.8, 4) is 0 Å². The number of hydrogen-bond acceptors (Lipinski definition) is 1. The van der Waals surface area contributed by atoms with Crippen LogP contribution in [-0.4, -0.2) is 20.7 Å². The summed E-state index contributed by atoms with van der Waals surface area (Å²) in [6.07, 6.45) is 10.6. The molecule has 0 spiro atoms. The van der Waals surface area contributed by atoms with Crippen LogP contribution in [-0.2, 0) is 4.79 Å². The van der Waals surface area contributed by atoms with Crippen LogP contribution in [0.1, 0.15) is 45.4 Å². The average molecular weight is 321 g/mol. The Morgan fingerprint density at radius 1 is 1.32 bits per heavy atom. The van der Waals surface area contributed by atoms with Crippen LogP contribution in [0.5, 0.6) is 0 Å². The number of unbranched alkanes of at least 4 members (excludes halogenated alkanes) is 1. The molecule has 2 rings (SSSR count). The third-order valence-corrected chi connectivity index (χ3v) is 6.96. The SMILES string of the molecule is C/C=C/CCCC1([Se]c2ccccc2)CCCC1=O. The predicted octanol–water partition coefficient (Wildman–Crippen LogP) is 3.67. The molecule has 0 heterocycles. The summed E-state index contributed by atoms with van der Waals surface area (Å²) < 4.78 is 1.37. The van der Waals surface area contributed by atoms with Gasteiger partial charge in [-0.05, 0) is 0 Å². The molecule has 0 aliphatic heterocycles. The maximum absolute atomic E-state index is 12.4. The van der Waals surface area contributed by atoms with Gasteiger partial charge in [-0.2, -0.15) is 0 Å². The predicted molar refractivity (Wildman–Crippen MR) is 82.0 cm³/mol. The Bertz CT molecular complexity index is 438. The van der Waals surface area contributed by atoms with Gasteiger partial charge < -0.3 is 0 Å². The zero-order valence-electron chi connectivity index (χ0n) is 11.6. The molecule has 1 fully saturated rings.